The maximum Gasteiger partial charge on any atom is 0.489 e. The van der Waals surface area contributed by atoms with Crippen molar-refractivity contribution in [3.8, 4) is 0 Å². The number of allylic oxidation sites excluding steroid dienone is 4. The third kappa shape index (κ3) is 5.66. The quantitative estimate of drug-likeness (QED) is 0.308. The molecule has 0 atom stereocenters. The molecule has 4 N–H and O–H groups in total. The Hall–Kier alpha value is -2.03. The molecule has 32 heavy (non-hydrogen) atoms. The SMILES string of the molecule is O=S1(=O)C=CC(B(O)O)=C1COCc1ccc(COCC2=C(B(O)O)C=CS2(=O)=O)cc1. The molecular formula is C18H20B2O10S2. The fourth-order valence-electron chi connectivity index (χ4n) is 3.05. The summed E-state index contributed by atoms with van der Waals surface area (Å²) in [5.74, 6) is 0. The minimum absolute atomic E-state index is 0.0729. The van der Waals surface area contributed by atoms with Gasteiger partial charge in [-0.05, 0) is 34.2 Å². The van der Waals surface area contributed by atoms with E-state index in [0.717, 1.165) is 34.1 Å². The van der Waals surface area contributed by atoms with Crippen LogP contribution < -0.4 is 0 Å². The molecule has 0 fully saturated rings. The van der Waals surface area contributed by atoms with Crippen LogP contribution in [0.15, 0.2) is 68.0 Å². The Morgan fingerprint density at radius 2 is 0.969 bits per heavy atom. The van der Waals surface area contributed by atoms with Gasteiger partial charge in [0.2, 0.25) is 0 Å². The van der Waals surface area contributed by atoms with Gasteiger partial charge in [-0.2, -0.15) is 0 Å². The normalized spacial score (nSPS) is 18.6. The summed E-state index contributed by atoms with van der Waals surface area (Å²) >= 11 is 0. The molecule has 3 rings (SSSR count). The largest absolute Gasteiger partial charge is 0.489 e. The maximum atomic E-state index is 11.9. The van der Waals surface area contributed by atoms with Crippen molar-refractivity contribution >= 4 is 33.9 Å². The Morgan fingerprint density at radius 1 is 0.625 bits per heavy atom. The highest BCUT2D eigenvalue weighted by atomic mass is 32.2. The van der Waals surface area contributed by atoms with Crippen molar-refractivity contribution in [1.82, 2.24) is 0 Å². The lowest BCUT2D eigenvalue weighted by Crippen LogP contribution is -2.18. The zero-order chi connectivity index (χ0) is 23.5. The second kappa shape index (κ2) is 9.85. The second-order valence-electron chi connectivity index (χ2n) is 7.00. The minimum Gasteiger partial charge on any atom is -0.423 e. The van der Waals surface area contributed by atoms with E-state index in [9.17, 15) is 36.9 Å². The summed E-state index contributed by atoms with van der Waals surface area (Å²) in [5, 5.41) is 38.8. The lowest BCUT2D eigenvalue weighted by molar-refractivity contribution is 0.144. The molecule has 0 aromatic heterocycles. The van der Waals surface area contributed by atoms with Crippen LogP contribution in [0.25, 0.3) is 0 Å². The Bertz CT molecular complexity index is 1100. The van der Waals surface area contributed by atoms with Gasteiger partial charge in [-0.1, -0.05) is 24.3 Å². The molecule has 14 heteroatoms. The first-order chi connectivity index (χ1) is 15.0. The molecule has 1 aromatic rings. The van der Waals surface area contributed by atoms with E-state index in [2.05, 4.69) is 0 Å². The van der Waals surface area contributed by atoms with Gasteiger partial charge in [0.25, 0.3) is 0 Å². The third-order valence-electron chi connectivity index (χ3n) is 4.77. The Balaban J connectivity index is 1.52. The molecule has 0 bridgehead atoms. The van der Waals surface area contributed by atoms with Crippen molar-refractivity contribution in [2.75, 3.05) is 13.2 Å². The van der Waals surface area contributed by atoms with Gasteiger partial charge in [-0.15, -0.1) is 0 Å². The molecule has 1 aromatic carbocycles. The van der Waals surface area contributed by atoms with Gasteiger partial charge in [0.15, 0.2) is 19.7 Å². The van der Waals surface area contributed by atoms with E-state index in [0.29, 0.717) is 0 Å². The molecule has 0 amide bonds. The number of ether oxygens (including phenoxy) is 2. The summed E-state index contributed by atoms with van der Waals surface area (Å²) < 4.78 is 58.5. The Kier molecular flexibility index (Phi) is 7.57. The molecule has 0 radical (unpaired) electrons. The van der Waals surface area contributed by atoms with E-state index in [4.69, 9.17) is 9.47 Å². The fourth-order valence-corrected chi connectivity index (χ4v) is 5.53. The molecule has 10 nitrogen and oxygen atoms in total. The molecule has 0 spiro atoms. The first kappa shape index (κ1) is 24.6. The van der Waals surface area contributed by atoms with E-state index in [1.165, 1.54) is 0 Å². The van der Waals surface area contributed by atoms with E-state index >= 15 is 0 Å². The lowest BCUT2D eigenvalue weighted by atomic mass is 9.79. The van der Waals surface area contributed by atoms with Crippen LogP contribution in [-0.2, 0) is 42.4 Å². The summed E-state index contributed by atoms with van der Waals surface area (Å²) in [5.41, 5.74) is 1.20. The Morgan fingerprint density at radius 3 is 1.28 bits per heavy atom. The molecule has 2 aliphatic heterocycles. The molecule has 2 aliphatic rings. The van der Waals surface area contributed by atoms with Gasteiger partial charge in [0.05, 0.1) is 36.2 Å². The standard InChI is InChI=1S/C18H20B2O10S2/c21-19(22)15-5-7-31(25,26)17(15)11-29-9-13-1-2-14(4-3-13)10-30-12-18-16(20(23)24)6-8-32(18,27)28/h1-8,21-24H,9-12H2. The average molecular weight is 482 g/mol. The molecule has 170 valence electrons. The smallest absolute Gasteiger partial charge is 0.423 e. The minimum atomic E-state index is -3.72. The predicted octanol–water partition coefficient (Wildman–Crippen LogP) is -0.864. The molecular weight excluding hydrogens is 462 g/mol. The second-order valence-corrected chi connectivity index (χ2v) is 10.7. The zero-order valence-electron chi connectivity index (χ0n) is 16.7. The van der Waals surface area contributed by atoms with Gasteiger partial charge in [-0.3, -0.25) is 0 Å². The molecule has 0 unspecified atom stereocenters. The first-order valence-electron chi connectivity index (χ1n) is 9.29. The van der Waals surface area contributed by atoms with E-state index in [1.54, 1.807) is 24.3 Å². The maximum absolute atomic E-state index is 11.9. The van der Waals surface area contributed by atoms with E-state index in [-0.39, 0.29) is 47.2 Å². The van der Waals surface area contributed by atoms with E-state index < -0.39 is 33.9 Å². The summed E-state index contributed by atoms with van der Waals surface area (Å²) in [7, 11) is -11.3. The topological polar surface area (TPSA) is 168 Å². The number of benzene rings is 1. The van der Waals surface area contributed by atoms with Crippen molar-refractivity contribution in [3.05, 3.63) is 79.1 Å². The third-order valence-corrected chi connectivity index (χ3v) is 7.84. The number of sulfone groups is 2. The van der Waals surface area contributed by atoms with Crippen molar-refractivity contribution in [2.24, 2.45) is 0 Å². The summed E-state index contributed by atoms with van der Waals surface area (Å²) in [6.07, 6.45) is 2.25. The number of hydrogen-bond acceptors (Lipinski definition) is 10. The van der Waals surface area contributed by atoms with Crippen LogP contribution in [0, 0.1) is 0 Å². The lowest BCUT2D eigenvalue weighted by Gasteiger charge is -2.10. The zero-order valence-corrected chi connectivity index (χ0v) is 18.3. The highest BCUT2D eigenvalue weighted by Gasteiger charge is 2.31. The highest BCUT2D eigenvalue weighted by molar-refractivity contribution is 7.98. The van der Waals surface area contributed by atoms with Crippen LogP contribution in [-0.4, -0.2) is 64.4 Å². The van der Waals surface area contributed by atoms with Gasteiger partial charge >= 0.3 is 14.2 Å². The van der Waals surface area contributed by atoms with Gasteiger partial charge < -0.3 is 29.6 Å². The molecule has 0 saturated carbocycles. The van der Waals surface area contributed by atoms with Gasteiger partial charge in [0, 0.05) is 10.8 Å². The van der Waals surface area contributed by atoms with Crippen LogP contribution in [0.5, 0.6) is 0 Å². The van der Waals surface area contributed by atoms with Crippen molar-refractivity contribution in [3.63, 3.8) is 0 Å². The van der Waals surface area contributed by atoms with Crippen LogP contribution >= 0.6 is 0 Å². The molecule has 0 aliphatic carbocycles. The monoisotopic (exact) mass is 482 g/mol. The van der Waals surface area contributed by atoms with Crippen molar-refractivity contribution in [2.45, 2.75) is 13.2 Å². The van der Waals surface area contributed by atoms with Crippen molar-refractivity contribution in [1.29, 1.82) is 0 Å². The summed E-state index contributed by atoms with van der Waals surface area (Å²) in [4.78, 5) is -0.397. The van der Waals surface area contributed by atoms with Gasteiger partial charge in [-0.25, -0.2) is 16.8 Å². The van der Waals surface area contributed by atoms with Crippen LogP contribution in [0.2, 0.25) is 0 Å². The van der Waals surface area contributed by atoms with Crippen LogP contribution in [0.4, 0.5) is 0 Å². The number of hydrogen-bond donors (Lipinski definition) is 4. The molecule has 2 heterocycles. The first-order valence-corrected chi connectivity index (χ1v) is 12.4. The average Bonchev–Trinajstić information content (AvgIpc) is 3.18. The predicted molar refractivity (Wildman–Crippen MR) is 116 cm³/mol. The highest BCUT2D eigenvalue weighted by Crippen LogP contribution is 2.25. The molecule has 0 saturated heterocycles. The van der Waals surface area contributed by atoms with Gasteiger partial charge in [0.1, 0.15) is 0 Å². The Labute approximate surface area is 185 Å². The fraction of sp³-hybridized carbons (Fsp3) is 0.222. The van der Waals surface area contributed by atoms with Crippen LogP contribution in [0.1, 0.15) is 11.1 Å². The number of rotatable bonds is 10. The summed E-state index contributed by atoms with van der Waals surface area (Å²) in [6.45, 7) is -0.485. The van der Waals surface area contributed by atoms with Crippen molar-refractivity contribution < 1.29 is 46.4 Å². The van der Waals surface area contributed by atoms with Crippen LogP contribution in [0.3, 0.4) is 0 Å². The summed E-state index contributed by atoms with van der Waals surface area (Å²) in [6, 6.07) is 6.86. The van der Waals surface area contributed by atoms with E-state index in [1.807, 2.05) is 0 Å².